The molecule has 0 amide bonds. The first-order chi connectivity index (χ1) is 13.0. The molecule has 2 aliphatic carbocycles. The van der Waals surface area contributed by atoms with Crippen LogP contribution in [0.5, 0.6) is 5.75 Å². The second-order valence-electron chi connectivity index (χ2n) is 8.09. The smallest absolute Gasteiger partial charge is 0.339 e. The number of carbonyl (C=O) groups is 2. The minimum Gasteiger partial charge on any atom is -0.493 e. The zero-order valence-corrected chi connectivity index (χ0v) is 15.6. The molecule has 0 bridgehead atoms. The van der Waals surface area contributed by atoms with Crippen LogP contribution in [0.3, 0.4) is 0 Å². The standard InChI is InChI=1S/C22H25NO4/c1-14-9-16-10-18(21(25)26)19(24)5-8-23-22(6-2-7-22)12-17(16)11-20(14)27-13-15-3-4-15/h5,8-11,15,23H,2-4,6-7,12-13H2,1H3,(H,25,26)/b8-5-,18-10+. The number of hydrogen-bond acceptors (Lipinski definition) is 4. The zero-order valence-electron chi connectivity index (χ0n) is 15.6. The van der Waals surface area contributed by atoms with Gasteiger partial charge in [-0.25, -0.2) is 4.79 Å². The van der Waals surface area contributed by atoms with Crippen LogP contribution >= 0.6 is 0 Å². The lowest BCUT2D eigenvalue weighted by Gasteiger charge is -2.43. The Labute approximate surface area is 159 Å². The van der Waals surface area contributed by atoms with Crippen molar-refractivity contribution in [2.75, 3.05) is 6.61 Å². The molecule has 0 saturated heterocycles. The average Bonchev–Trinajstić information content (AvgIpc) is 3.41. The van der Waals surface area contributed by atoms with Gasteiger partial charge in [0.1, 0.15) is 11.3 Å². The van der Waals surface area contributed by atoms with Gasteiger partial charge in [0.05, 0.1) is 6.61 Å². The van der Waals surface area contributed by atoms with Gasteiger partial charge in [0.25, 0.3) is 0 Å². The second kappa shape index (κ2) is 6.87. The second-order valence-corrected chi connectivity index (χ2v) is 8.09. The van der Waals surface area contributed by atoms with E-state index in [1.165, 1.54) is 25.0 Å². The monoisotopic (exact) mass is 367 g/mol. The summed E-state index contributed by atoms with van der Waals surface area (Å²) in [5.41, 5.74) is 2.50. The molecule has 2 fully saturated rings. The van der Waals surface area contributed by atoms with E-state index in [0.717, 1.165) is 54.7 Å². The zero-order chi connectivity index (χ0) is 19.0. The molecule has 1 aromatic carbocycles. The van der Waals surface area contributed by atoms with Crippen molar-refractivity contribution < 1.29 is 19.4 Å². The molecule has 1 heterocycles. The number of fused-ring (bicyclic) bond motifs is 1. The molecule has 27 heavy (non-hydrogen) atoms. The predicted molar refractivity (Wildman–Crippen MR) is 103 cm³/mol. The Balaban J connectivity index is 1.76. The van der Waals surface area contributed by atoms with Gasteiger partial charge in [-0.05, 0) is 86.3 Å². The Morgan fingerprint density at radius 1 is 1.33 bits per heavy atom. The molecule has 1 spiro atoms. The summed E-state index contributed by atoms with van der Waals surface area (Å²) in [6.45, 7) is 2.70. The van der Waals surface area contributed by atoms with Crippen molar-refractivity contribution in [1.82, 2.24) is 5.32 Å². The third-order valence-electron chi connectivity index (χ3n) is 5.87. The van der Waals surface area contributed by atoms with Gasteiger partial charge in [-0.3, -0.25) is 4.79 Å². The van der Waals surface area contributed by atoms with E-state index in [-0.39, 0.29) is 11.1 Å². The third kappa shape index (κ3) is 3.77. The fourth-order valence-electron chi connectivity index (χ4n) is 3.81. The summed E-state index contributed by atoms with van der Waals surface area (Å²) in [5.74, 6) is -0.177. The molecular weight excluding hydrogens is 342 g/mol. The Morgan fingerprint density at radius 2 is 2.11 bits per heavy atom. The van der Waals surface area contributed by atoms with Crippen LogP contribution < -0.4 is 10.1 Å². The van der Waals surface area contributed by atoms with Crippen LogP contribution in [0.4, 0.5) is 0 Å². The van der Waals surface area contributed by atoms with Gasteiger partial charge in [-0.15, -0.1) is 0 Å². The molecular formula is C22H25NO4. The van der Waals surface area contributed by atoms with Crippen LogP contribution in [0.2, 0.25) is 0 Å². The van der Waals surface area contributed by atoms with Crippen molar-refractivity contribution >= 4 is 17.8 Å². The predicted octanol–water partition coefficient (Wildman–Crippen LogP) is 3.40. The van der Waals surface area contributed by atoms with Crippen molar-refractivity contribution in [3.63, 3.8) is 0 Å². The van der Waals surface area contributed by atoms with Crippen molar-refractivity contribution in [2.24, 2.45) is 5.92 Å². The van der Waals surface area contributed by atoms with Gasteiger partial charge < -0.3 is 15.2 Å². The highest BCUT2D eigenvalue weighted by Gasteiger charge is 2.37. The number of allylic oxidation sites excluding steroid dienone is 1. The highest BCUT2D eigenvalue weighted by molar-refractivity contribution is 6.24. The van der Waals surface area contributed by atoms with Gasteiger partial charge in [0.15, 0.2) is 5.78 Å². The molecule has 2 N–H and O–H groups in total. The van der Waals surface area contributed by atoms with Gasteiger partial charge >= 0.3 is 5.97 Å². The lowest BCUT2D eigenvalue weighted by molar-refractivity contribution is -0.133. The Hall–Kier alpha value is -2.56. The topological polar surface area (TPSA) is 75.6 Å². The number of carboxylic acid groups (broad SMARTS) is 1. The van der Waals surface area contributed by atoms with E-state index in [4.69, 9.17) is 4.74 Å². The van der Waals surface area contributed by atoms with Crippen LogP contribution in [-0.4, -0.2) is 29.0 Å². The maximum Gasteiger partial charge on any atom is 0.339 e. The summed E-state index contributed by atoms with van der Waals surface area (Å²) in [6.07, 6.45) is 10.9. The largest absolute Gasteiger partial charge is 0.493 e. The quantitative estimate of drug-likeness (QED) is 0.798. The van der Waals surface area contributed by atoms with E-state index < -0.39 is 11.8 Å². The molecule has 3 aliphatic rings. The summed E-state index contributed by atoms with van der Waals surface area (Å²) >= 11 is 0. The number of hydrogen-bond donors (Lipinski definition) is 2. The van der Waals surface area contributed by atoms with Gasteiger partial charge in [0, 0.05) is 17.8 Å². The van der Waals surface area contributed by atoms with Crippen molar-refractivity contribution in [2.45, 2.75) is 51.0 Å². The summed E-state index contributed by atoms with van der Waals surface area (Å²) in [6, 6.07) is 3.99. The van der Waals surface area contributed by atoms with E-state index in [0.29, 0.717) is 5.92 Å². The molecule has 0 atom stereocenters. The van der Waals surface area contributed by atoms with Crippen LogP contribution in [0.15, 0.2) is 30.0 Å². The first-order valence-corrected chi connectivity index (χ1v) is 9.66. The summed E-state index contributed by atoms with van der Waals surface area (Å²) in [5, 5.41) is 12.8. The minimum atomic E-state index is -1.21. The number of ether oxygens (including phenoxy) is 1. The van der Waals surface area contributed by atoms with E-state index in [1.807, 2.05) is 19.1 Å². The number of carboxylic acids is 1. The molecule has 0 aromatic heterocycles. The van der Waals surface area contributed by atoms with Gasteiger partial charge in [0.2, 0.25) is 0 Å². The molecule has 0 radical (unpaired) electrons. The lowest BCUT2D eigenvalue weighted by Crippen LogP contribution is -2.50. The molecule has 1 aliphatic heterocycles. The molecule has 4 rings (SSSR count). The van der Waals surface area contributed by atoms with Gasteiger partial charge in [-0.1, -0.05) is 0 Å². The first-order valence-electron chi connectivity index (χ1n) is 9.66. The molecule has 1 aromatic rings. The van der Waals surface area contributed by atoms with E-state index >= 15 is 0 Å². The van der Waals surface area contributed by atoms with E-state index in [2.05, 4.69) is 5.32 Å². The maximum atomic E-state index is 12.3. The minimum absolute atomic E-state index is 0.0664. The van der Waals surface area contributed by atoms with E-state index in [9.17, 15) is 14.7 Å². The summed E-state index contributed by atoms with van der Waals surface area (Å²) < 4.78 is 6.03. The Morgan fingerprint density at radius 3 is 2.74 bits per heavy atom. The number of carbonyl (C=O) groups excluding carboxylic acids is 1. The number of nitrogens with one attached hydrogen (secondary N) is 1. The van der Waals surface area contributed by atoms with Crippen LogP contribution in [0, 0.1) is 12.8 Å². The van der Waals surface area contributed by atoms with Crippen LogP contribution in [0.1, 0.15) is 48.8 Å². The lowest BCUT2D eigenvalue weighted by atomic mass is 9.72. The number of benzene rings is 1. The highest BCUT2D eigenvalue weighted by atomic mass is 16.5. The Kier molecular flexibility index (Phi) is 4.54. The normalized spacial score (nSPS) is 24.0. The average molecular weight is 367 g/mol. The fourth-order valence-corrected chi connectivity index (χ4v) is 3.81. The first kappa shape index (κ1) is 17.8. The van der Waals surface area contributed by atoms with Crippen LogP contribution in [0.25, 0.3) is 6.08 Å². The molecule has 5 nitrogen and oxygen atoms in total. The van der Waals surface area contributed by atoms with Gasteiger partial charge in [-0.2, -0.15) is 0 Å². The van der Waals surface area contributed by atoms with Crippen molar-refractivity contribution in [1.29, 1.82) is 0 Å². The third-order valence-corrected chi connectivity index (χ3v) is 5.87. The number of rotatable bonds is 4. The fraction of sp³-hybridized carbons (Fsp3) is 0.455. The van der Waals surface area contributed by atoms with Crippen LogP contribution in [-0.2, 0) is 16.0 Å². The summed E-state index contributed by atoms with van der Waals surface area (Å²) in [4.78, 5) is 23.9. The number of aliphatic carboxylic acids is 1. The molecule has 0 unspecified atom stereocenters. The molecule has 2 saturated carbocycles. The number of aryl methyl sites for hydroxylation is 1. The maximum absolute atomic E-state index is 12.3. The van der Waals surface area contributed by atoms with E-state index in [1.54, 1.807) is 6.20 Å². The summed E-state index contributed by atoms with van der Waals surface area (Å²) in [7, 11) is 0. The number of ketones is 1. The Bertz CT molecular complexity index is 844. The van der Waals surface area contributed by atoms with Crippen molar-refractivity contribution in [3.05, 3.63) is 46.7 Å². The SMILES string of the molecule is Cc1cc2c(cc1OCC1CC1)CC1(CCC1)N/C=C\C(=O)/C(C(=O)O)=C\2. The molecule has 5 heteroatoms. The molecule has 142 valence electrons. The van der Waals surface area contributed by atoms with Crippen molar-refractivity contribution in [3.8, 4) is 5.75 Å². The highest BCUT2D eigenvalue weighted by Crippen LogP contribution is 2.38.